The molecule has 0 radical (unpaired) electrons. The lowest BCUT2D eigenvalue weighted by molar-refractivity contribution is -0.117. The zero-order valence-electron chi connectivity index (χ0n) is 8.31. The normalized spacial score (nSPS) is 11.4. The quantitative estimate of drug-likeness (QED) is 0.785. The molecule has 0 unspecified atom stereocenters. The number of anilines is 1. The van der Waals surface area contributed by atoms with Crippen LogP contribution in [0.25, 0.3) is 0 Å². The summed E-state index contributed by atoms with van der Waals surface area (Å²) in [5, 5.41) is 4.50. The van der Waals surface area contributed by atoms with E-state index < -0.39 is 6.04 Å². The lowest BCUT2D eigenvalue weighted by Crippen LogP contribution is -2.32. The molecule has 0 saturated heterocycles. The second kappa shape index (κ2) is 5.79. The number of rotatable bonds is 3. The summed E-state index contributed by atoms with van der Waals surface area (Å²) in [6.07, 6.45) is 0. The van der Waals surface area contributed by atoms with E-state index in [-0.39, 0.29) is 24.1 Å². The van der Waals surface area contributed by atoms with Crippen LogP contribution in [0.3, 0.4) is 0 Å². The Labute approximate surface area is 97.5 Å². The molecule has 5 nitrogen and oxygen atoms in total. The average molecular weight is 250 g/mol. The Bertz CT molecular complexity index is 365. The summed E-state index contributed by atoms with van der Waals surface area (Å²) >= 11 is 1.20. The molecule has 1 atom stereocenters. The Morgan fingerprint density at radius 1 is 1.60 bits per heavy atom. The second-order valence-corrected chi connectivity index (χ2v) is 3.73. The van der Waals surface area contributed by atoms with Gasteiger partial charge in [0, 0.05) is 12.3 Å². The number of carbonyl (C=O) groups is 2. The topological polar surface area (TPSA) is 85.1 Å². The number of nitrogens with two attached hydrogens (primary N) is 1. The monoisotopic (exact) mass is 249 g/mol. The molecule has 0 aromatic carbocycles. The second-order valence-electron chi connectivity index (χ2n) is 2.87. The molecule has 0 saturated carbocycles. The zero-order chi connectivity index (χ0) is 10.7. The minimum absolute atomic E-state index is 0. The maximum atomic E-state index is 11.1. The van der Waals surface area contributed by atoms with Gasteiger partial charge in [0.1, 0.15) is 5.69 Å². The van der Waals surface area contributed by atoms with Gasteiger partial charge in [0.2, 0.25) is 5.91 Å². The van der Waals surface area contributed by atoms with E-state index in [1.165, 1.54) is 18.3 Å². The Morgan fingerprint density at radius 2 is 2.20 bits per heavy atom. The van der Waals surface area contributed by atoms with Gasteiger partial charge in [-0.25, -0.2) is 4.98 Å². The Balaban J connectivity index is 0.00000196. The van der Waals surface area contributed by atoms with Gasteiger partial charge in [0.25, 0.3) is 0 Å². The van der Waals surface area contributed by atoms with Crippen LogP contribution in [-0.4, -0.2) is 22.7 Å². The highest BCUT2D eigenvalue weighted by atomic mass is 35.5. The molecule has 0 spiro atoms. The number of halogens is 1. The van der Waals surface area contributed by atoms with Crippen molar-refractivity contribution in [3.8, 4) is 0 Å². The molecule has 0 aliphatic carbocycles. The molecule has 84 valence electrons. The molecular formula is C8H12ClN3O2S. The molecule has 1 amide bonds. The maximum absolute atomic E-state index is 11.1. The van der Waals surface area contributed by atoms with Crippen molar-refractivity contribution < 1.29 is 9.59 Å². The van der Waals surface area contributed by atoms with E-state index in [4.69, 9.17) is 5.73 Å². The Hall–Kier alpha value is -0.980. The molecule has 1 heterocycles. The summed E-state index contributed by atoms with van der Waals surface area (Å²) in [7, 11) is 0. The van der Waals surface area contributed by atoms with Crippen molar-refractivity contribution in [3.63, 3.8) is 0 Å². The summed E-state index contributed by atoms with van der Waals surface area (Å²) in [5.41, 5.74) is 5.70. The minimum atomic E-state index is -0.584. The fourth-order valence-electron chi connectivity index (χ4n) is 0.712. The van der Waals surface area contributed by atoms with Crippen LogP contribution in [0.1, 0.15) is 24.3 Å². The SMILES string of the molecule is CC(=O)c1csc(NC(=O)[C@@H](C)N)n1.Cl. The lowest BCUT2D eigenvalue weighted by atomic mass is 10.3. The minimum Gasteiger partial charge on any atom is -0.320 e. The molecule has 1 rings (SSSR count). The molecule has 0 bridgehead atoms. The number of Topliss-reactive ketones (excluding diaryl/α,β-unsaturated/α-hetero) is 1. The first kappa shape index (κ1) is 14.0. The van der Waals surface area contributed by atoms with Gasteiger partial charge in [-0.15, -0.1) is 23.7 Å². The molecule has 7 heteroatoms. The van der Waals surface area contributed by atoms with Crippen LogP contribution in [0.15, 0.2) is 5.38 Å². The maximum Gasteiger partial charge on any atom is 0.242 e. The lowest BCUT2D eigenvalue weighted by Gasteiger charge is -2.03. The fourth-order valence-corrected chi connectivity index (χ4v) is 1.46. The summed E-state index contributed by atoms with van der Waals surface area (Å²) in [6.45, 7) is 3.00. The third kappa shape index (κ3) is 3.94. The highest BCUT2D eigenvalue weighted by Crippen LogP contribution is 2.15. The van der Waals surface area contributed by atoms with Crippen LogP contribution in [-0.2, 0) is 4.79 Å². The van der Waals surface area contributed by atoms with Crippen molar-refractivity contribution in [2.24, 2.45) is 5.73 Å². The number of ketones is 1. The number of carbonyl (C=O) groups excluding carboxylic acids is 2. The van der Waals surface area contributed by atoms with Gasteiger partial charge in [-0.3, -0.25) is 9.59 Å². The standard InChI is InChI=1S/C8H11N3O2S.ClH/c1-4(9)7(13)11-8-10-6(3-14-8)5(2)12;/h3-4H,9H2,1-2H3,(H,10,11,13);1H/t4-;/m1./s1. The van der Waals surface area contributed by atoms with E-state index in [0.29, 0.717) is 10.8 Å². The van der Waals surface area contributed by atoms with Crippen LogP contribution in [0, 0.1) is 0 Å². The van der Waals surface area contributed by atoms with Gasteiger partial charge in [-0.1, -0.05) is 0 Å². The fraction of sp³-hybridized carbons (Fsp3) is 0.375. The van der Waals surface area contributed by atoms with E-state index in [9.17, 15) is 9.59 Å². The van der Waals surface area contributed by atoms with Crippen LogP contribution in [0.5, 0.6) is 0 Å². The number of thiazole rings is 1. The molecule has 1 aromatic heterocycles. The van der Waals surface area contributed by atoms with Crippen LogP contribution >= 0.6 is 23.7 Å². The van der Waals surface area contributed by atoms with Gasteiger partial charge >= 0.3 is 0 Å². The molecular weight excluding hydrogens is 238 g/mol. The molecule has 0 aliphatic heterocycles. The van der Waals surface area contributed by atoms with Gasteiger partial charge in [0.05, 0.1) is 6.04 Å². The first-order valence-electron chi connectivity index (χ1n) is 4.03. The summed E-state index contributed by atoms with van der Waals surface area (Å²) in [4.78, 5) is 25.9. The van der Waals surface area contributed by atoms with E-state index in [1.54, 1.807) is 12.3 Å². The highest BCUT2D eigenvalue weighted by Gasteiger charge is 2.11. The van der Waals surface area contributed by atoms with Gasteiger partial charge in [0.15, 0.2) is 10.9 Å². The Kier molecular flexibility index (Phi) is 5.41. The van der Waals surface area contributed by atoms with Crippen molar-refractivity contribution in [3.05, 3.63) is 11.1 Å². The highest BCUT2D eigenvalue weighted by molar-refractivity contribution is 7.14. The first-order chi connectivity index (χ1) is 6.50. The van der Waals surface area contributed by atoms with E-state index >= 15 is 0 Å². The van der Waals surface area contributed by atoms with Crippen LogP contribution in [0.4, 0.5) is 5.13 Å². The predicted octanol–water partition coefficient (Wildman–Crippen LogP) is 1.05. The molecule has 0 fully saturated rings. The number of aromatic nitrogens is 1. The largest absolute Gasteiger partial charge is 0.320 e. The van der Waals surface area contributed by atoms with E-state index in [1.807, 2.05) is 0 Å². The number of nitrogens with one attached hydrogen (secondary N) is 1. The van der Waals surface area contributed by atoms with E-state index in [2.05, 4.69) is 10.3 Å². The van der Waals surface area contributed by atoms with Crippen molar-refractivity contribution in [2.45, 2.75) is 19.9 Å². The van der Waals surface area contributed by atoms with Crippen molar-refractivity contribution in [1.82, 2.24) is 4.98 Å². The molecule has 1 aromatic rings. The van der Waals surface area contributed by atoms with Gasteiger partial charge < -0.3 is 11.1 Å². The summed E-state index contributed by atoms with van der Waals surface area (Å²) < 4.78 is 0. The Morgan fingerprint density at radius 3 is 2.60 bits per heavy atom. The zero-order valence-corrected chi connectivity index (χ0v) is 9.95. The summed E-state index contributed by atoms with van der Waals surface area (Å²) in [6, 6.07) is -0.584. The van der Waals surface area contributed by atoms with Crippen molar-refractivity contribution in [1.29, 1.82) is 0 Å². The van der Waals surface area contributed by atoms with E-state index in [0.717, 1.165) is 0 Å². The molecule has 15 heavy (non-hydrogen) atoms. The van der Waals surface area contributed by atoms with Crippen LogP contribution < -0.4 is 11.1 Å². The van der Waals surface area contributed by atoms with Crippen molar-refractivity contribution in [2.75, 3.05) is 5.32 Å². The van der Waals surface area contributed by atoms with Gasteiger partial charge in [-0.2, -0.15) is 0 Å². The third-order valence-corrected chi connectivity index (χ3v) is 2.27. The molecule has 3 N–H and O–H groups in total. The first-order valence-corrected chi connectivity index (χ1v) is 4.91. The number of amides is 1. The number of nitrogens with zero attached hydrogens (tertiary/aromatic N) is 1. The van der Waals surface area contributed by atoms with Gasteiger partial charge in [-0.05, 0) is 6.92 Å². The smallest absolute Gasteiger partial charge is 0.242 e. The predicted molar refractivity (Wildman–Crippen MR) is 61.6 cm³/mol. The number of hydrogen-bond acceptors (Lipinski definition) is 5. The number of hydrogen-bond donors (Lipinski definition) is 2. The third-order valence-electron chi connectivity index (χ3n) is 1.51. The average Bonchev–Trinajstić information content (AvgIpc) is 2.52. The van der Waals surface area contributed by atoms with Crippen LogP contribution in [0.2, 0.25) is 0 Å². The molecule has 0 aliphatic rings. The van der Waals surface area contributed by atoms with Crippen molar-refractivity contribution >= 4 is 40.6 Å². The summed E-state index contributed by atoms with van der Waals surface area (Å²) in [5.74, 6) is -0.433.